The Morgan fingerprint density at radius 2 is 2.12 bits per heavy atom. The first-order chi connectivity index (χ1) is 12.0. The summed E-state index contributed by atoms with van der Waals surface area (Å²) in [5.41, 5.74) is 0.718. The lowest BCUT2D eigenvalue weighted by atomic mass is 10.2. The maximum Gasteiger partial charge on any atom is 0.246 e. The molecule has 7 nitrogen and oxygen atoms in total. The van der Waals surface area contributed by atoms with Gasteiger partial charge in [0.15, 0.2) is 17.3 Å². The van der Waals surface area contributed by atoms with Gasteiger partial charge in [0.25, 0.3) is 0 Å². The van der Waals surface area contributed by atoms with E-state index in [1.54, 1.807) is 25.3 Å². The van der Waals surface area contributed by atoms with Gasteiger partial charge in [-0.3, -0.25) is 4.79 Å². The molecule has 0 unspecified atom stereocenters. The molecule has 0 saturated carbocycles. The Hall–Kier alpha value is -2.54. The summed E-state index contributed by atoms with van der Waals surface area (Å²) in [7, 11) is 4.69. The van der Waals surface area contributed by atoms with E-state index in [4.69, 9.17) is 25.6 Å². The van der Waals surface area contributed by atoms with Gasteiger partial charge in [-0.2, -0.15) is 4.98 Å². The number of carbonyl (C=O) groups is 1. The Bertz CT molecular complexity index is 773. The molecule has 0 atom stereocenters. The van der Waals surface area contributed by atoms with Crippen LogP contribution in [-0.2, 0) is 17.8 Å². The molecule has 1 heterocycles. The van der Waals surface area contributed by atoms with Crippen molar-refractivity contribution in [2.24, 2.45) is 0 Å². The number of aryl methyl sites for hydroxylation is 1. The van der Waals surface area contributed by atoms with Gasteiger partial charge in [0.05, 0.1) is 25.8 Å². The van der Waals surface area contributed by atoms with Gasteiger partial charge < -0.3 is 18.9 Å². The Kier molecular flexibility index (Phi) is 6.41. The number of amides is 1. The predicted octanol–water partition coefficient (Wildman–Crippen LogP) is 2.97. The minimum atomic E-state index is -0.206. The third-order valence-electron chi connectivity index (χ3n) is 3.45. The number of halogens is 1. The molecule has 0 bridgehead atoms. The van der Waals surface area contributed by atoms with Crippen LogP contribution in [0.3, 0.4) is 0 Å². The zero-order chi connectivity index (χ0) is 18.4. The minimum Gasteiger partial charge on any atom is -0.493 e. The molecule has 1 aromatic carbocycles. The monoisotopic (exact) mass is 365 g/mol. The molecule has 0 N–H and O–H groups in total. The van der Waals surface area contributed by atoms with Gasteiger partial charge in [0, 0.05) is 19.5 Å². The normalized spacial score (nSPS) is 10.9. The average Bonchev–Trinajstić information content (AvgIpc) is 3.06. The summed E-state index contributed by atoms with van der Waals surface area (Å²) < 4.78 is 15.5. The lowest BCUT2D eigenvalue weighted by Crippen LogP contribution is -2.24. The Balaban J connectivity index is 2.07. The van der Waals surface area contributed by atoms with E-state index in [1.807, 2.05) is 6.92 Å². The molecule has 25 heavy (non-hydrogen) atoms. The molecule has 0 radical (unpaired) electrons. The van der Waals surface area contributed by atoms with Crippen molar-refractivity contribution < 1.29 is 18.8 Å². The van der Waals surface area contributed by atoms with Crippen LogP contribution >= 0.6 is 11.6 Å². The van der Waals surface area contributed by atoms with E-state index in [9.17, 15) is 4.79 Å². The van der Waals surface area contributed by atoms with E-state index in [1.165, 1.54) is 25.2 Å². The van der Waals surface area contributed by atoms with Crippen LogP contribution in [-0.4, -0.2) is 42.2 Å². The van der Waals surface area contributed by atoms with Crippen LogP contribution in [0.2, 0.25) is 5.02 Å². The maximum absolute atomic E-state index is 12.2. The van der Waals surface area contributed by atoms with Crippen molar-refractivity contribution in [1.29, 1.82) is 0 Å². The first-order valence-electron chi connectivity index (χ1n) is 7.64. The van der Waals surface area contributed by atoms with Gasteiger partial charge >= 0.3 is 0 Å². The number of methoxy groups -OCH3 is 2. The highest BCUT2D eigenvalue weighted by Crippen LogP contribution is 2.36. The SMILES string of the molecule is CCc1noc(CN(C)C(=O)/C=C/c2cc(Cl)c(OC)c(OC)c2)n1. The van der Waals surface area contributed by atoms with Crippen LogP contribution in [0.5, 0.6) is 11.5 Å². The lowest BCUT2D eigenvalue weighted by molar-refractivity contribution is -0.125. The van der Waals surface area contributed by atoms with Gasteiger partial charge in [-0.05, 0) is 23.8 Å². The van der Waals surface area contributed by atoms with Gasteiger partial charge in [0.2, 0.25) is 11.8 Å². The topological polar surface area (TPSA) is 77.7 Å². The second kappa shape index (κ2) is 8.53. The first-order valence-corrected chi connectivity index (χ1v) is 8.02. The van der Waals surface area contributed by atoms with E-state index in [0.717, 1.165) is 5.56 Å². The smallest absolute Gasteiger partial charge is 0.246 e. The fourth-order valence-electron chi connectivity index (χ4n) is 2.11. The predicted molar refractivity (Wildman–Crippen MR) is 93.7 cm³/mol. The number of likely N-dealkylation sites (N-methyl/N-ethyl adjacent to an activating group) is 1. The van der Waals surface area contributed by atoms with Crippen molar-refractivity contribution in [1.82, 2.24) is 15.0 Å². The van der Waals surface area contributed by atoms with Crippen LogP contribution < -0.4 is 9.47 Å². The van der Waals surface area contributed by atoms with Gasteiger partial charge in [0.1, 0.15) is 0 Å². The standard InChI is InChI=1S/C17H20ClN3O4/c1-5-14-19-15(25-20-14)10-21(2)16(22)7-6-11-8-12(18)17(24-4)13(9-11)23-3/h6-9H,5,10H2,1-4H3/b7-6+. The number of ether oxygens (including phenoxy) is 2. The van der Waals surface area contributed by atoms with Crippen LogP contribution in [0.4, 0.5) is 0 Å². The number of hydrogen-bond donors (Lipinski definition) is 0. The van der Waals surface area contributed by atoms with Crippen molar-refractivity contribution in [2.45, 2.75) is 19.9 Å². The molecule has 0 saturated heterocycles. The fraction of sp³-hybridized carbons (Fsp3) is 0.353. The zero-order valence-corrected chi connectivity index (χ0v) is 15.3. The summed E-state index contributed by atoms with van der Waals surface area (Å²) in [6, 6.07) is 3.43. The lowest BCUT2D eigenvalue weighted by Gasteiger charge is -2.12. The molecule has 8 heteroatoms. The zero-order valence-electron chi connectivity index (χ0n) is 14.6. The van der Waals surface area contributed by atoms with Crippen LogP contribution in [0.15, 0.2) is 22.7 Å². The quantitative estimate of drug-likeness (QED) is 0.702. The fourth-order valence-corrected chi connectivity index (χ4v) is 2.40. The van der Waals surface area contributed by atoms with E-state index >= 15 is 0 Å². The van der Waals surface area contributed by atoms with Crippen molar-refractivity contribution >= 4 is 23.6 Å². The van der Waals surface area contributed by atoms with Crippen molar-refractivity contribution in [3.05, 3.63) is 40.5 Å². The summed E-state index contributed by atoms with van der Waals surface area (Å²) >= 11 is 6.15. The molecule has 134 valence electrons. The number of aromatic nitrogens is 2. The Morgan fingerprint density at radius 1 is 1.36 bits per heavy atom. The highest BCUT2D eigenvalue weighted by Gasteiger charge is 2.12. The summed E-state index contributed by atoms with van der Waals surface area (Å²) in [5, 5.41) is 4.21. The molecule has 0 aliphatic heterocycles. The summed E-state index contributed by atoms with van der Waals surface area (Å²) in [4.78, 5) is 17.9. The van der Waals surface area contributed by atoms with Crippen LogP contribution in [0.1, 0.15) is 24.2 Å². The number of carbonyl (C=O) groups excluding carboxylic acids is 1. The summed E-state index contributed by atoms with van der Waals surface area (Å²) in [6.45, 7) is 2.17. The Morgan fingerprint density at radius 3 is 2.72 bits per heavy atom. The minimum absolute atomic E-state index is 0.206. The molecule has 0 spiro atoms. The average molecular weight is 366 g/mol. The second-order valence-corrected chi connectivity index (χ2v) is 5.63. The van der Waals surface area contributed by atoms with Gasteiger partial charge in [-0.25, -0.2) is 0 Å². The molecule has 2 rings (SSSR count). The van der Waals surface area contributed by atoms with E-state index in [-0.39, 0.29) is 12.5 Å². The van der Waals surface area contributed by atoms with Crippen molar-refractivity contribution in [3.8, 4) is 11.5 Å². The molecule has 0 aliphatic rings. The molecular formula is C17H20ClN3O4. The van der Waals surface area contributed by atoms with E-state index in [2.05, 4.69) is 10.1 Å². The highest BCUT2D eigenvalue weighted by molar-refractivity contribution is 6.32. The van der Waals surface area contributed by atoms with Gasteiger partial charge in [-0.1, -0.05) is 23.7 Å². The molecule has 2 aromatic rings. The number of benzene rings is 1. The summed E-state index contributed by atoms with van der Waals surface area (Å²) in [5.74, 6) is 1.75. The molecule has 0 fully saturated rings. The molecule has 1 amide bonds. The van der Waals surface area contributed by atoms with Crippen LogP contribution in [0, 0.1) is 0 Å². The van der Waals surface area contributed by atoms with E-state index in [0.29, 0.717) is 34.7 Å². The number of hydrogen-bond acceptors (Lipinski definition) is 6. The third-order valence-corrected chi connectivity index (χ3v) is 3.73. The second-order valence-electron chi connectivity index (χ2n) is 5.22. The molecule has 1 aromatic heterocycles. The van der Waals surface area contributed by atoms with E-state index < -0.39 is 0 Å². The van der Waals surface area contributed by atoms with Gasteiger partial charge in [-0.15, -0.1) is 0 Å². The van der Waals surface area contributed by atoms with Crippen molar-refractivity contribution in [2.75, 3.05) is 21.3 Å². The Labute approximate surface area is 151 Å². The molecule has 0 aliphatic carbocycles. The van der Waals surface area contributed by atoms with Crippen molar-refractivity contribution in [3.63, 3.8) is 0 Å². The number of rotatable bonds is 7. The third kappa shape index (κ3) is 4.73. The highest BCUT2D eigenvalue weighted by atomic mass is 35.5. The number of nitrogens with zero attached hydrogens (tertiary/aromatic N) is 3. The molecular weight excluding hydrogens is 346 g/mol. The largest absolute Gasteiger partial charge is 0.493 e. The van der Waals surface area contributed by atoms with Crippen LogP contribution in [0.25, 0.3) is 6.08 Å². The maximum atomic E-state index is 12.2. The summed E-state index contributed by atoms with van der Waals surface area (Å²) in [6.07, 6.45) is 3.77. The first kappa shape index (κ1) is 18.8.